The highest BCUT2D eigenvalue weighted by molar-refractivity contribution is 9.10. The third-order valence-corrected chi connectivity index (χ3v) is 3.81. The Morgan fingerprint density at radius 1 is 1.40 bits per heavy atom. The Labute approximate surface area is 125 Å². The number of nitrogens with zero attached hydrogens (tertiary/aromatic N) is 1. The van der Waals surface area contributed by atoms with E-state index in [-0.39, 0.29) is 16.6 Å². The lowest BCUT2D eigenvalue weighted by atomic mass is 10.2. The summed E-state index contributed by atoms with van der Waals surface area (Å²) < 4.78 is 26.8. The van der Waals surface area contributed by atoms with Gasteiger partial charge in [0.05, 0.1) is 22.3 Å². The topological polar surface area (TPSA) is 62.2 Å². The first kappa shape index (κ1) is 14.9. The van der Waals surface area contributed by atoms with Gasteiger partial charge in [0.2, 0.25) is 0 Å². The number of carbonyl (C=O) groups is 1. The van der Waals surface area contributed by atoms with Crippen molar-refractivity contribution in [2.75, 3.05) is 5.32 Å². The third-order valence-electron chi connectivity index (χ3n) is 2.40. The van der Waals surface area contributed by atoms with E-state index in [1.807, 2.05) is 0 Å². The lowest BCUT2D eigenvalue weighted by Gasteiger charge is -2.05. The Morgan fingerprint density at radius 2 is 2.15 bits per heavy atom. The van der Waals surface area contributed by atoms with Crippen LogP contribution in [0.5, 0.6) is 0 Å². The van der Waals surface area contributed by atoms with E-state index >= 15 is 0 Å². The Balaban J connectivity index is 2.10. The van der Waals surface area contributed by atoms with Crippen LogP contribution in [-0.4, -0.2) is 16.1 Å². The van der Waals surface area contributed by atoms with Gasteiger partial charge in [-0.15, -0.1) is 11.3 Å². The van der Waals surface area contributed by atoms with Crippen LogP contribution in [0.3, 0.4) is 0 Å². The van der Waals surface area contributed by atoms with Crippen molar-refractivity contribution in [2.45, 2.75) is 12.8 Å². The second kappa shape index (κ2) is 6.27. The Hall–Kier alpha value is -1.54. The van der Waals surface area contributed by atoms with Gasteiger partial charge in [0.1, 0.15) is 11.6 Å². The van der Waals surface area contributed by atoms with E-state index in [2.05, 4.69) is 26.2 Å². The van der Waals surface area contributed by atoms with Gasteiger partial charge < -0.3 is 10.4 Å². The molecule has 20 heavy (non-hydrogen) atoms. The molecule has 0 atom stereocenters. The van der Waals surface area contributed by atoms with Gasteiger partial charge in [-0.25, -0.2) is 13.8 Å². The van der Waals surface area contributed by atoms with E-state index in [0.29, 0.717) is 17.2 Å². The first-order chi connectivity index (χ1) is 9.45. The number of thiazole rings is 1. The van der Waals surface area contributed by atoms with Crippen LogP contribution in [0.4, 0.5) is 19.6 Å². The number of rotatable bonds is 5. The summed E-state index contributed by atoms with van der Waals surface area (Å²) in [6, 6.07) is 2.05. The summed E-state index contributed by atoms with van der Waals surface area (Å²) in [5.74, 6) is -2.32. The highest BCUT2D eigenvalue weighted by atomic mass is 79.9. The summed E-state index contributed by atoms with van der Waals surface area (Å²) >= 11 is 4.20. The first-order valence-corrected chi connectivity index (χ1v) is 7.20. The number of anilines is 2. The molecule has 1 aromatic heterocycles. The highest BCUT2D eigenvalue weighted by Crippen LogP contribution is 2.28. The van der Waals surface area contributed by atoms with Crippen molar-refractivity contribution in [3.8, 4) is 0 Å². The number of aromatic nitrogens is 1. The zero-order chi connectivity index (χ0) is 14.7. The second-order valence-electron chi connectivity index (χ2n) is 3.91. The van der Waals surface area contributed by atoms with Gasteiger partial charge in [-0.3, -0.25) is 4.79 Å². The van der Waals surface area contributed by atoms with Crippen molar-refractivity contribution in [1.29, 1.82) is 0 Å². The van der Waals surface area contributed by atoms with Crippen molar-refractivity contribution in [3.63, 3.8) is 0 Å². The van der Waals surface area contributed by atoms with Gasteiger partial charge in [0.25, 0.3) is 0 Å². The van der Waals surface area contributed by atoms with Crippen LogP contribution >= 0.6 is 27.3 Å². The van der Waals surface area contributed by atoms with E-state index in [4.69, 9.17) is 5.11 Å². The minimum absolute atomic E-state index is 0.0143. The molecule has 2 N–H and O–H groups in total. The number of halogens is 3. The van der Waals surface area contributed by atoms with E-state index in [0.717, 1.165) is 6.07 Å². The van der Waals surface area contributed by atoms with Crippen LogP contribution in [0.15, 0.2) is 22.0 Å². The number of benzene rings is 1. The SMILES string of the molecule is O=C(O)CCc1csc(Nc2cc(Br)c(F)cc2F)n1. The fourth-order valence-electron chi connectivity index (χ4n) is 1.45. The van der Waals surface area contributed by atoms with Gasteiger partial charge in [0.15, 0.2) is 5.13 Å². The molecule has 1 heterocycles. The lowest BCUT2D eigenvalue weighted by molar-refractivity contribution is -0.136. The molecular weight excluding hydrogens is 354 g/mol. The molecule has 0 aliphatic carbocycles. The molecule has 0 saturated heterocycles. The smallest absolute Gasteiger partial charge is 0.303 e. The molecule has 106 valence electrons. The number of hydrogen-bond donors (Lipinski definition) is 2. The van der Waals surface area contributed by atoms with Gasteiger partial charge in [0, 0.05) is 17.9 Å². The summed E-state index contributed by atoms with van der Waals surface area (Å²) in [6.07, 6.45) is 0.294. The van der Waals surface area contributed by atoms with Gasteiger partial charge in [-0.05, 0) is 22.0 Å². The molecule has 0 spiro atoms. The maximum atomic E-state index is 13.6. The molecule has 0 aliphatic rings. The monoisotopic (exact) mass is 362 g/mol. The predicted molar refractivity (Wildman–Crippen MR) is 75.4 cm³/mol. The lowest BCUT2D eigenvalue weighted by Crippen LogP contribution is -1.98. The number of aliphatic carboxylic acids is 1. The fraction of sp³-hybridized carbons (Fsp3) is 0.167. The molecule has 0 amide bonds. The van der Waals surface area contributed by atoms with E-state index in [1.165, 1.54) is 17.4 Å². The molecule has 0 unspecified atom stereocenters. The number of aryl methyl sites for hydroxylation is 1. The van der Waals surface area contributed by atoms with Gasteiger partial charge in [-0.1, -0.05) is 0 Å². The molecule has 2 aromatic rings. The minimum atomic E-state index is -0.902. The number of carboxylic acids is 1. The van der Waals surface area contributed by atoms with Crippen LogP contribution < -0.4 is 5.32 Å². The quantitative estimate of drug-likeness (QED) is 0.790. The van der Waals surface area contributed by atoms with Gasteiger partial charge in [-0.2, -0.15) is 0 Å². The third kappa shape index (κ3) is 3.73. The molecular formula is C12H9BrF2N2O2S. The molecule has 8 heteroatoms. The number of hydrogen-bond acceptors (Lipinski definition) is 4. The summed E-state index contributed by atoms with van der Waals surface area (Å²) in [5, 5.41) is 13.4. The summed E-state index contributed by atoms with van der Waals surface area (Å²) in [6.45, 7) is 0. The maximum absolute atomic E-state index is 13.6. The zero-order valence-electron chi connectivity index (χ0n) is 9.99. The van der Waals surface area contributed by atoms with Gasteiger partial charge >= 0.3 is 5.97 Å². The van der Waals surface area contributed by atoms with E-state index in [9.17, 15) is 13.6 Å². The van der Waals surface area contributed by atoms with Crippen molar-refractivity contribution >= 4 is 44.1 Å². The van der Waals surface area contributed by atoms with E-state index in [1.54, 1.807) is 5.38 Å². The Bertz CT molecular complexity index is 648. The fourth-order valence-corrected chi connectivity index (χ4v) is 2.55. The molecule has 2 rings (SSSR count). The highest BCUT2D eigenvalue weighted by Gasteiger charge is 2.10. The minimum Gasteiger partial charge on any atom is -0.481 e. The van der Waals surface area contributed by atoms with Crippen LogP contribution in [0.2, 0.25) is 0 Å². The Morgan fingerprint density at radius 3 is 2.85 bits per heavy atom. The van der Waals surface area contributed by atoms with Crippen molar-refractivity contribution in [2.24, 2.45) is 0 Å². The Kier molecular flexibility index (Phi) is 4.66. The molecule has 1 aromatic carbocycles. The van der Waals surface area contributed by atoms with Crippen molar-refractivity contribution in [1.82, 2.24) is 4.98 Å². The van der Waals surface area contributed by atoms with Crippen LogP contribution in [0.1, 0.15) is 12.1 Å². The van der Waals surface area contributed by atoms with Crippen molar-refractivity contribution in [3.05, 3.63) is 39.3 Å². The first-order valence-electron chi connectivity index (χ1n) is 5.53. The average molecular weight is 363 g/mol. The summed E-state index contributed by atoms with van der Waals surface area (Å²) in [7, 11) is 0. The largest absolute Gasteiger partial charge is 0.481 e. The molecule has 0 radical (unpaired) electrons. The van der Waals surface area contributed by atoms with Crippen LogP contribution in [-0.2, 0) is 11.2 Å². The molecule has 0 saturated carbocycles. The van der Waals surface area contributed by atoms with Crippen LogP contribution in [0, 0.1) is 11.6 Å². The number of carboxylic acid groups (broad SMARTS) is 1. The van der Waals surface area contributed by atoms with Crippen molar-refractivity contribution < 1.29 is 18.7 Å². The predicted octanol–water partition coefficient (Wildman–Crippen LogP) is 3.94. The molecule has 0 bridgehead atoms. The molecule has 0 aliphatic heterocycles. The maximum Gasteiger partial charge on any atom is 0.303 e. The summed E-state index contributed by atoms with van der Waals surface area (Å²) in [4.78, 5) is 14.6. The average Bonchev–Trinajstić information content (AvgIpc) is 2.81. The summed E-state index contributed by atoms with van der Waals surface area (Å²) in [5.41, 5.74) is 0.707. The zero-order valence-corrected chi connectivity index (χ0v) is 12.4. The number of nitrogens with one attached hydrogen (secondary N) is 1. The standard InChI is InChI=1S/C12H9BrF2N2O2S/c13-7-3-10(9(15)4-8(7)14)17-12-16-6(5-20-12)1-2-11(18)19/h3-5H,1-2H2,(H,16,17)(H,18,19). The second-order valence-corrected chi connectivity index (χ2v) is 5.62. The molecule has 4 nitrogen and oxygen atoms in total. The molecule has 0 fully saturated rings. The normalized spacial score (nSPS) is 10.6. The van der Waals surface area contributed by atoms with E-state index < -0.39 is 17.6 Å². The van der Waals surface area contributed by atoms with Crippen LogP contribution in [0.25, 0.3) is 0 Å².